The van der Waals surface area contributed by atoms with Crippen molar-refractivity contribution >= 4 is 10.0 Å². The topological polar surface area (TPSA) is 59.5 Å². The third-order valence-electron chi connectivity index (χ3n) is 3.67. The second-order valence-electron chi connectivity index (χ2n) is 5.29. The monoisotopic (exact) mass is 318 g/mol. The van der Waals surface area contributed by atoms with E-state index in [2.05, 4.69) is 4.98 Å². The predicted octanol–water partition coefficient (Wildman–Crippen LogP) is 2.44. The molecule has 0 amide bonds. The van der Waals surface area contributed by atoms with Crippen LogP contribution >= 0.6 is 0 Å². The SMILES string of the molecule is COc1ccccc1S(=O)(=O)N(Cc1cccnc1)C1CC1. The Morgan fingerprint density at radius 3 is 2.64 bits per heavy atom. The maximum absolute atomic E-state index is 13.0. The number of methoxy groups -OCH3 is 1. The van der Waals surface area contributed by atoms with Crippen molar-refractivity contribution < 1.29 is 13.2 Å². The van der Waals surface area contributed by atoms with Gasteiger partial charge in [-0.3, -0.25) is 4.98 Å². The van der Waals surface area contributed by atoms with E-state index in [9.17, 15) is 8.42 Å². The third-order valence-corrected chi connectivity index (χ3v) is 5.61. The Balaban J connectivity index is 1.97. The van der Waals surface area contributed by atoms with Crippen LogP contribution < -0.4 is 4.74 Å². The van der Waals surface area contributed by atoms with Crippen LogP contribution in [0.5, 0.6) is 5.75 Å². The number of pyridine rings is 1. The average molecular weight is 318 g/mol. The summed E-state index contributed by atoms with van der Waals surface area (Å²) in [6, 6.07) is 10.5. The van der Waals surface area contributed by atoms with Crippen LogP contribution in [0.4, 0.5) is 0 Å². The zero-order valence-electron chi connectivity index (χ0n) is 12.3. The van der Waals surface area contributed by atoms with Crippen molar-refractivity contribution in [2.75, 3.05) is 7.11 Å². The molecule has 1 aromatic carbocycles. The molecule has 0 bridgehead atoms. The number of rotatable bonds is 6. The van der Waals surface area contributed by atoms with Crippen LogP contribution in [0.2, 0.25) is 0 Å². The molecule has 1 aliphatic rings. The molecule has 116 valence electrons. The van der Waals surface area contributed by atoms with E-state index in [1.165, 1.54) is 7.11 Å². The Kier molecular flexibility index (Phi) is 4.13. The maximum Gasteiger partial charge on any atom is 0.247 e. The molecule has 3 rings (SSSR count). The van der Waals surface area contributed by atoms with E-state index in [-0.39, 0.29) is 10.9 Å². The molecule has 22 heavy (non-hydrogen) atoms. The molecule has 0 atom stereocenters. The first-order chi connectivity index (χ1) is 10.6. The summed E-state index contributed by atoms with van der Waals surface area (Å²) in [5, 5.41) is 0. The van der Waals surface area contributed by atoms with Gasteiger partial charge in [0, 0.05) is 25.0 Å². The zero-order valence-corrected chi connectivity index (χ0v) is 13.2. The van der Waals surface area contributed by atoms with Gasteiger partial charge in [-0.15, -0.1) is 0 Å². The molecule has 6 heteroatoms. The smallest absolute Gasteiger partial charge is 0.247 e. The Morgan fingerprint density at radius 2 is 2.00 bits per heavy atom. The summed E-state index contributed by atoms with van der Waals surface area (Å²) in [5.74, 6) is 0.374. The number of hydrogen-bond donors (Lipinski definition) is 0. The number of para-hydroxylation sites is 1. The quantitative estimate of drug-likeness (QED) is 0.821. The Morgan fingerprint density at radius 1 is 1.23 bits per heavy atom. The number of aromatic nitrogens is 1. The summed E-state index contributed by atoms with van der Waals surface area (Å²) in [4.78, 5) is 4.28. The van der Waals surface area contributed by atoms with E-state index in [0.717, 1.165) is 18.4 Å². The van der Waals surface area contributed by atoms with Crippen molar-refractivity contribution in [1.82, 2.24) is 9.29 Å². The fourth-order valence-corrected chi connectivity index (χ4v) is 4.23. The molecule has 0 spiro atoms. The molecule has 5 nitrogen and oxygen atoms in total. The Labute approximate surface area is 130 Å². The van der Waals surface area contributed by atoms with Gasteiger partial charge in [-0.2, -0.15) is 4.31 Å². The molecule has 0 N–H and O–H groups in total. The molecule has 1 aromatic heterocycles. The largest absolute Gasteiger partial charge is 0.495 e. The highest BCUT2D eigenvalue weighted by Gasteiger charge is 2.39. The highest BCUT2D eigenvalue weighted by Crippen LogP contribution is 2.36. The number of benzene rings is 1. The molecule has 1 fully saturated rings. The minimum absolute atomic E-state index is 0.0649. The van der Waals surface area contributed by atoms with Crippen LogP contribution in [0.25, 0.3) is 0 Å². The minimum atomic E-state index is -3.60. The van der Waals surface area contributed by atoms with Gasteiger partial charge < -0.3 is 4.74 Å². The second kappa shape index (κ2) is 6.06. The Bertz CT molecular complexity index is 743. The van der Waals surface area contributed by atoms with Crippen molar-refractivity contribution in [3.63, 3.8) is 0 Å². The van der Waals surface area contributed by atoms with Gasteiger partial charge in [-0.05, 0) is 36.6 Å². The fraction of sp³-hybridized carbons (Fsp3) is 0.312. The lowest BCUT2D eigenvalue weighted by Crippen LogP contribution is -2.33. The molecule has 0 saturated heterocycles. The number of nitrogens with zero attached hydrogens (tertiary/aromatic N) is 2. The lowest BCUT2D eigenvalue weighted by Gasteiger charge is -2.23. The number of sulfonamides is 1. The van der Waals surface area contributed by atoms with Crippen molar-refractivity contribution in [2.24, 2.45) is 0 Å². The first-order valence-corrected chi connectivity index (χ1v) is 8.60. The molecule has 0 unspecified atom stereocenters. The van der Waals surface area contributed by atoms with Crippen molar-refractivity contribution in [1.29, 1.82) is 0 Å². The molecular formula is C16H18N2O3S. The van der Waals surface area contributed by atoms with Crippen LogP contribution in [-0.4, -0.2) is 30.9 Å². The van der Waals surface area contributed by atoms with Gasteiger partial charge in [-0.25, -0.2) is 8.42 Å². The zero-order chi connectivity index (χ0) is 15.6. The first-order valence-electron chi connectivity index (χ1n) is 7.16. The summed E-state index contributed by atoms with van der Waals surface area (Å²) >= 11 is 0. The summed E-state index contributed by atoms with van der Waals surface area (Å²) in [7, 11) is -2.12. The van der Waals surface area contributed by atoms with Crippen LogP contribution in [0.15, 0.2) is 53.7 Å². The fourth-order valence-electron chi connectivity index (χ4n) is 2.40. The van der Waals surface area contributed by atoms with Crippen LogP contribution in [-0.2, 0) is 16.6 Å². The van der Waals surface area contributed by atoms with Gasteiger partial charge >= 0.3 is 0 Å². The van der Waals surface area contributed by atoms with E-state index >= 15 is 0 Å². The highest BCUT2D eigenvalue weighted by atomic mass is 32.2. The van der Waals surface area contributed by atoms with Gasteiger partial charge in [0.25, 0.3) is 0 Å². The van der Waals surface area contributed by atoms with E-state index in [1.54, 1.807) is 41.0 Å². The van der Waals surface area contributed by atoms with Crippen LogP contribution in [0.3, 0.4) is 0 Å². The molecule has 0 aliphatic heterocycles. The van der Waals surface area contributed by atoms with Gasteiger partial charge in [0.2, 0.25) is 10.0 Å². The first kappa shape index (κ1) is 15.0. The summed E-state index contributed by atoms with van der Waals surface area (Å²) in [6.07, 6.45) is 5.18. The number of ether oxygens (including phenoxy) is 1. The molecule has 0 radical (unpaired) electrons. The summed E-state index contributed by atoms with van der Waals surface area (Å²) in [6.45, 7) is 0.332. The number of hydrogen-bond acceptors (Lipinski definition) is 4. The highest BCUT2D eigenvalue weighted by molar-refractivity contribution is 7.89. The van der Waals surface area contributed by atoms with Crippen LogP contribution in [0.1, 0.15) is 18.4 Å². The lowest BCUT2D eigenvalue weighted by molar-refractivity contribution is 0.381. The van der Waals surface area contributed by atoms with Gasteiger partial charge in [-0.1, -0.05) is 18.2 Å². The third kappa shape index (κ3) is 2.98. The lowest BCUT2D eigenvalue weighted by atomic mass is 10.3. The van der Waals surface area contributed by atoms with Gasteiger partial charge in [0.15, 0.2) is 0 Å². The molecule has 1 heterocycles. The average Bonchev–Trinajstić information content (AvgIpc) is 3.38. The minimum Gasteiger partial charge on any atom is -0.495 e. The molecule has 2 aromatic rings. The summed E-state index contributed by atoms with van der Waals surface area (Å²) in [5.41, 5.74) is 0.882. The second-order valence-corrected chi connectivity index (χ2v) is 7.15. The molecule has 1 saturated carbocycles. The van der Waals surface area contributed by atoms with Crippen LogP contribution in [0, 0.1) is 0 Å². The van der Waals surface area contributed by atoms with Gasteiger partial charge in [0.05, 0.1) is 7.11 Å². The van der Waals surface area contributed by atoms with Crippen molar-refractivity contribution in [3.05, 3.63) is 54.4 Å². The molecule has 1 aliphatic carbocycles. The van der Waals surface area contributed by atoms with E-state index < -0.39 is 10.0 Å². The van der Waals surface area contributed by atoms with E-state index in [4.69, 9.17) is 4.74 Å². The standard InChI is InChI=1S/C16H18N2O3S/c1-21-15-6-2-3-7-16(15)22(19,20)18(14-8-9-14)12-13-5-4-10-17-11-13/h2-7,10-11,14H,8-9,12H2,1H3. The Hall–Kier alpha value is -1.92. The van der Waals surface area contributed by atoms with E-state index in [0.29, 0.717) is 12.3 Å². The van der Waals surface area contributed by atoms with E-state index in [1.807, 2.05) is 12.1 Å². The van der Waals surface area contributed by atoms with Gasteiger partial charge in [0.1, 0.15) is 10.6 Å². The van der Waals surface area contributed by atoms with Crippen molar-refractivity contribution in [3.8, 4) is 5.75 Å². The predicted molar refractivity (Wildman–Crippen MR) is 83.0 cm³/mol. The normalized spacial score (nSPS) is 15.0. The summed E-state index contributed by atoms with van der Waals surface area (Å²) < 4.78 is 32.8. The molecular weight excluding hydrogens is 300 g/mol. The van der Waals surface area contributed by atoms with Crippen molar-refractivity contribution in [2.45, 2.75) is 30.3 Å². The maximum atomic E-state index is 13.0.